The molecule has 0 aliphatic carbocycles. The Kier molecular flexibility index (Phi) is 8.40. The van der Waals surface area contributed by atoms with Crippen LogP contribution in [0.15, 0.2) is 35.0 Å². The number of rotatable bonds is 10. The molecule has 1 aliphatic heterocycles. The van der Waals surface area contributed by atoms with Gasteiger partial charge in [0.05, 0.1) is 25.3 Å². The van der Waals surface area contributed by atoms with Crippen LogP contribution in [0.2, 0.25) is 0 Å². The van der Waals surface area contributed by atoms with E-state index in [0.717, 1.165) is 4.48 Å². The number of nitrogens with zero attached hydrogens (tertiary/aromatic N) is 2. The van der Waals surface area contributed by atoms with Crippen LogP contribution in [-0.2, 0) is 20.7 Å². The summed E-state index contributed by atoms with van der Waals surface area (Å²) in [5, 5.41) is 2.57. The van der Waals surface area contributed by atoms with Crippen molar-refractivity contribution in [3.05, 3.63) is 41.4 Å². The van der Waals surface area contributed by atoms with Crippen molar-refractivity contribution < 1.29 is 23.0 Å². The molecule has 0 radical (unpaired) electrons. The van der Waals surface area contributed by atoms with Crippen LogP contribution >= 0.6 is 0 Å². The Bertz CT molecular complexity index is 882. The van der Waals surface area contributed by atoms with E-state index in [1.54, 1.807) is 37.3 Å². The van der Waals surface area contributed by atoms with Gasteiger partial charge in [0.2, 0.25) is 5.91 Å². The minimum absolute atomic E-state index is 0.0323. The maximum absolute atomic E-state index is 13.6. The summed E-state index contributed by atoms with van der Waals surface area (Å²) < 4.78 is 32.8. The number of nitrogens with one attached hydrogen (secondary N) is 1. The van der Waals surface area contributed by atoms with Crippen LogP contribution in [0, 0.1) is 12.3 Å². The summed E-state index contributed by atoms with van der Waals surface area (Å²) in [4.78, 5) is 27.4. The van der Waals surface area contributed by atoms with Gasteiger partial charge in [-0.3, -0.25) is 23.2 Å². The highest BCUT2D eigenvalue weighted by atomic mass is 19.2. The highest BCUT2D eigenvalue weighted by Crippen LogP contribution is 2.20. The van der Waals surface area contributed by atoms with Crippen LogP contribution < -0.4 is 5.32 Å². The minimum atomic E-state index is -2.75. The van der Waals surface area contributed by atoms with Gasteiger partial charge in [-0.25, -0.2) is 0 Å². The molecule has 1 aliphatic rings. The second-order valence-corrected chi connectivity index (χ2v) is 6.19. The third-order valence-corrected chi connectivity index (χ3v) is 4.13. The normalized spacial score (nSPS) is 13.9. The number of amides is 1. The average Bonchev–Trinajstić information content (AvgIpc) is 3.30. The first-order chi connectivity index (χ1) is 13.9. The third kappa shape index (κ3) is 6.75. The van der Waals surface area contributed by atoms with Gasteiger partial charge in [-0.2, -0.15) is 0 Å². The van der Waals surface area contributed by atoms with Crippen LogP contribution in [0.3, 0.4) is 0 Å². The first-order valence-corrected chi connectivity index (χ1v) is 9.26. The second-order valence-electron chi connectivity index (χ2n) is 6.19. The zero-order valence-corrected chi connectivity index (χ0v) is 16.2. The largest absolute Gasteiger partial charge is 0.677 e. The van der Waals surface area contributed by atoms with E-state index in [9.17, 15) is 18.2 Å². The molecule has 0 atom stereocenters. The molecule has 1 N–H and O–H groups in total. The second kappa shape index (κ2) is 11.0. The molecule has 2 heterocycles. The lowest BCUT2D eigenvalue weighted by Crippen LogP contribution is -2.23. The molecular formula is C20H22BF2N3O3. The molecule has 1 aromatic heterocycles. The number of aromatic nitrogens is 1. The summed E-state index contributed by atoms with van der Waals surface area (Å²) in [5.41, 5.74) is 1.83. The maximum Gasteiger partial charge on any atom is 0.677 e. The van der Waals surface area contributed by atoms with E-state index in [0.29, 0.717) is 23.5 Å². The Balaban J connectivity index is 2.05. The number of esters is 1. The predicted molar refractivity (Wildman–Crippen MR) is 108 cm³/mol. The van der Waals surface area contributed by atoms with Crippen molar-refractivity contribution in [1.82, 2.24) is 9.79 Å². The molecule has 0 saturated carbocycles. The number of carbonyl (C=O) groups is 2. The summed E-state index contributed by atoms with van der Waals surface area (Å²) in [5.74, 6) is 1.73. The van der Waals surface area contributed by atoms with Crippen LogP contribution in [-0.4, -0.2) is 42.6 Å². The smallest absolute Gasteiger partial charge is 0.466 e. The highest BCUT2D eigenvalue weighted by molar-refractivity contribution is 6.41. The molecular weight excluding hydrogens is 379 g/mol. The van der Waals surface area contributed by atoms with Gasteiger partial charge in [0.1, 0.15) is 0 Å². The Morgan fingerprint density at radius 3 is 2.79 bits per heavy atom. The lowest BCUT2D eigenvalue weighted by Gasteiger charge is -2.08. The van der Waals surface area contributed by atoms with E-state index in [1.165, 1.54) is 0 Å². The van der Waals surface area contributed by atoms with Gasteiger partial charge in [-0.05, 0) is 50.1 Å². The van der Waals surface area contributed by atoms with Crippen molar-refractivity contribution in [2.45, 2.75) is 32.6 Å². The monoisotopic (exact) mass is 401 g/mol. The topological polar surface area (TPSA) is 72.7 Å². The van der Waals surface area contributed by atoms with Crippen molar-refractivity contribution in [3.63, 3.8) is 0 Å². The highest BCUT2D eigenvalue weighted by Gasteiger charge is 2.23. The number of terminal acetylenes is 1. The first kappa shape index (κ1) is 22.1. The Hall–Kier alpha value is -3.15. The average molecular weight is 401 g/mol. The molecule has 6 nitrogen and oxygen atoms in total. The van der Waals surface area contributed by atoms with Gasteiger partial charge >= 0.3 is 13.4 Å². The van der Waals surface area contributed by atoms with Gasteiger partial charge < -0.3 is 14.5 Å². The molecule has 0 fully saturated rings. The fourth-order valence-corrected chi connectivity index (χ4v) is 2.80. The third-order valence-electron chi connectivity index (χ3n) is 4.13. The Labute approximate surface area is 168 Å². The standard InChI is InChI=1S/C20H22BF2N3O3/c1-3-13-24-19(27)11-7-15-5-6-16(25-15)14-18-9-8-17(26(18)21(22)23)10-12-20(28)29-4-2/h1,5-6,8-9,14H,4,7,10-13H2,2H3,(H,24,27)/b16-14+. The summed E-state index contributed by atoms with van der Waals surface area (Å²) in [7, 11) is -2.75. The summed E-state index contributed by atoms with van der Waals surface area (Å²) in [6.45, 7) is 2.12. The van der Waals surface area contributed by atoms with Gasteiger partial charge in [0, 0.05) is 23.5 Å². The van der Waals surface area contributed by atoms with Crippen LogP contribution in [0.5, 0.6) is 0 Å². The molecule has 29 heavy (non-hydrogen) atoms. The van der Waals surface area contributed by atoms with E-state index >= 15 is 0 Å². The van der Waals surface area contributed by atoms with Crippen LogP contribution in [0.1, 0.15) is 37.6 Å². The summed E-state index contributed by atoms with van der Waals surface area (Å²) in [6.07, 6.45) is 10.9. The first-order valence-electron chi connectivity index (χ1n) is 9.26. The molecule has 0 aromatic carbocycles. The molecule has 0 saturated heterocycles. The van der Waals surface area contributed by atoms with Gasteiger partial charge in [-0.15, -0.1) is 6.42 Å². The van der Waals surface area contributed by atoms with Crippen LogP contribution in [0.25, 0.3) is 6.08 Å². The molecule has 1 amide bonds. The van der Waals surface area contributed by atoms with Gasteiger partial charge in [0.25, 0.3) is 0 Å². The zero-order valence-electron chi connectivity index (χ0n) is 16.2. The van der Waals surface area contributed by atoms with Crippen molar-refractivity contribution in [1.29, 1.82) is 0 Å². The predicted octanol–water partition coefficient (Wildman–Crippen LogP) is 2.64. The quantitative estimate of drug-likeness (QED) is 0.372. The fraction of sp³-hybridized carbons (Fsp3) is 0.350. The number of aliphatic imine (C=N–C) groups is 1. The summed E-state index contributed by atoms with van der Waals surface area (Å²) >= 11 is 0. The number of halogens is 2. The molecule has 0 unspecified atom stereocenters. The minimum Gasteiger partial charge on any atom is -0.466 e. The van der Waals surface area contributed by atoms with E-state index in [2.05, 4.69) is 16.2 Å². The number of allylic oxidation sites excluding steroid dienone is 2. The Morgan fingerprint density at radius 1 is 1.31 bits per heavy atom. The number of hydrogen-bond acceptors (Lipinski definition) is 4. The van der Waals surface area contributed by atoms with E-state index in [4.69, 9.17) is 11.2 Å². The lowest BCUT2D eigenvalue weighted by atomic mass is 10.1. The van der Waals surface area contributed by atoms with Gasteiger partial charge in [-0.1, -0.05) is 5.92 Å². The van der Waals surface area contributed by atoms with E-state index in [-0.39, 0.29) is 44.0 Å². The number of ether oxygens (including phenoxy) is 1. The van der Waals surface area contributed by atoms with Crippen molar-refractivity contribution in [2.24, 2.45) is 4.99 Å². The number of aryl methyl sites for hydroxylation is 1. The van der Waals surface area contributed by atoms with Crippen molar-refractivity contribution >= 4 is 31.1 Å². The lowest BCUT2D eigenvalue weighted by molar-refractivity contribution is -0.143. The Morgan fingerprint density at radius 2 is 2.10 bits per heavy atom. The van der Waals surface area contributed by atoms with Crippen LogP contribution in [0.4, 0.5) is 8.63 Å². The van der Waals surface area contributed by atoms with Crippen molar-refractivity contribution in [3.8, 4) is 12.3 Å². The maximum atomic E-state index is 13.6. The molecule has 9 heteroatoms. The molecule has 152 valence electrons. The fourth-order valence-electron chi connectivity index (χ4n) is 2.80. The molecule has 2 rings (SSSR count). The molecule has 0 spiro atoms. The van der Waals surface area contributed by atoms with Crippen molar-refractivity contribution in [2.75, 3.05) is 13.2 Å². The molecule has 1 aromatic rings. The van der Waals surface area contributed by atoms with E-state index < -0.39 is 13.4 Å². The zero-order chi connectivity index (χ0) is 21.2. The van der Waals surface area contributed by atoms with E-state index in [1.807, 2.05) is 0 Å². The SMILES string of the molecule is C#CCNC(=O)CCC1=N/C(=C/c2ccc(CCC(=O)OCC)n2B(F)F)C=C1. The number of carbonyl (C=O) groups excluding carboxylic acids is 2. The van der Waals surface area contributed by atoms with Gasteiger partial charge in [0.15, 0.2) is 0 Å². The molecule has 0 bridgehead atoms. The summed E-state index contributed by atoms with van der Waals surface area (Å²) in [6, 6.07) is 3.13. The number of hydrogen-bond donors (Lipinski definition) is 1.